The molecule has 1 aliphatic rings. The van der Waals surface area contributed by atoms with Gasteiger partial charge in [0.2, 0.25) is 0 Å². The molecule has 1 aromatic rings. The number of nitrogens with zero attached hydrogens (tertiary/aromatic N) is 1. The molecule has 0 spiro atoms. The summed E-state index contributed by atoms with van der Waals surface area (Å²) in [6.45, 7) is 2.59. The van der Waals surface area contributed by atoms with Gasteiger partial charge in [-0.2, -0.15) is 0 Å². The normalized spacial score (nSPS) is 13.2. The zero-order valence-electron chi connectivity index (χ0n) is 11.1. The van der Waals surface area contributed by atoms with E-state index in [4.69, 9.17) is 9.47 Å². The Morgan fingerprint density at radius 3 is 2.95 bits per heavy atom. The van der Waals surface area contributed by atoms with Crippen LogP contribution in [0.4, 0.5) is 5.69 Å². The maximum absolute atomic E-state index is 11.8. The predicted molar refractivity (Wildman–Crippen MR) is 70.3 cm³/mol. The Morgan fingerprint density at radius 1 is 1.42 bits per heavy atom. The lowest BCUT2D eigenvalue weighted by atomic mass is 10.1. The number of hydrogen-bond donors (Lipinski definition) is 0. The first kappa shape index (κ1) is 13.4. The van der Waals surface area contributed by atoms with Gasteiger partial charge in [-0.25, -0.2) is 4.79 Å². The van der Waals surface area contributed by atoms with Crippen molar-refractivity contribution in [3.63, 3.8) is 0 Å². The molecule has 5 nitrogen and oxygen atoms in total. The molecule has 0 saturated carbocycles. The summed E-state index contributed by atoms with van der Waals surface area (Å²) in [4.78, 5) is 24.5. The lowest BCUT2D eigenvalue weighted by Gasteiger charge is -2.21. The number of esters is 1. The summed E-state index contributed by atoms with van der Waals surface area (Å²) in [5.74, 6) is -0.649. The maximum atomic E-state index is 11.8. The Labute approximate surface area is 112 Å². The van der Waals surface area contributed by atoms with Crippen molar-refractivity contribution >= 4 is 17.6 Å². The van der Waals surface area contributed by atoms with Gasteiger partial charge in [-0.1, -0.05) is 0 Å². The highest BCUT2D eigenvalue weighted by molar-refractivity contribution is 6.37. The molecule has 0 bridgehead atoms. The summed E-state index contributed by atoms with van der Waals surface area (Å²) in [6.07, 6.45) is 1.89. The van der Waals surface area contributed by atoms with Crippen LogP contribution in [0.1, 0.15) is 18.9 Å². The summed E-state index contributed by atoms with van der Waals surface area (Å²) in [5.41, 5.74) is 1.73. The highest BCUT2D eigenvalue weighted by Crippen LogP contribution is 2.28. The summed E-state index contributed by atoms with van der Waals surface area (Å²) in [5, 5.41) is 0. The van der Waals surface area contributed by atoms with Gasteiger partial charge in [-0.3, -0.25) is 4.79 Å². The minimum atomic E-state index is -0.834. The maximum Gasteiger partial charge on any atom is 0.397 e. The van der Waals surface area contributed by atoms with E-state index in [1.165, 1.54) is 4.90 Å². The number of rotatable bonds is 2. The van der Waals surface area contributed by atoms with Crippen molar-refractivity contribution in [1.82, 2.24) is 0 Å². The molecular formula is C14H17NO4. The van der Waals surface area contributed by atoms with E-state index in [2.05, 4.69) is 0 Å². The Bertz CT molecular complexity index is 498. The highest BCUT2D eigenvalue weighted by Gasteiger charge is 2.22. The fourth-order valence-corrected chi connectivity index (χ4v) is 2.00. The van der Waals surface area contributed by atoms with Crippen molar-refractivity contribution in [2.24, 2.45) is 0 Å². The van der Waals surface area contributed by atoms with Crippen LogP contribution in [0, 0.1) is 0 Å². The molecule has 19 heavy (non-hydrogen) atoms. The van der Waals surface area contributed by atoms with Crippen LogP contribution < -0.4 is 9.64 Å². The molecular weight excluding hydrogens is 246 g/mol. The lowest BCUT2D eigenvalue weighted by Crippen LogP contribution is -2.34. The largest absolute Gasteiger partial charge is 0.493 e. The molecule has 102 valence electrons. The summed E-state index contributed by atoms with van der Waals surface area (Å²) in [6, 6.07) is 5.48. The van der Waals surface area contributed by atoms with Crippen molar-refractivity contribution in [2.45, 2.75) is 19.8 Å². The summed E-state index contributed by atoms with van der Waals surface area (Å²) < 4.78 is 10.2. The van der Waals surface area contributed by atoms with Crippen molar-refractivity contribution in [3.8, 4) is 5.75 Å². The summed E-state index contributed by atoms with van der Waals surface area (Å²) in [7, 11) is 1.56. The van der Waals surface area contributed by atoms with Gasteiger partial charge in [0.25, 0.3) is 0 Å². The van der Waals surface area contributed by atoms with E-state index in [0.717, 1.165) is 30.8 Å². The number of anilines is 1. The van der Waals surface area contributed by atoms with E-state index in [9.17, 15) is 9.59 Å². The second-order valence-electron chi connectivity index (χ2n) is 4.33. The highest BCUT2D eigenvalue weighted by atomic mass is 16.5. The van der Waals surface area contributed by atoms with Crippen molar-refractivity contribution in [1.29, 1.82) is 0 Å². The van der Waals surface area contributed by atoms with E-state index in [1.807, 2.05) is 12.1 Å². The minimum absolute atomic E-state index is 0.191. The molecule has 0 unspecified atom stereocenters. The van der Waals surface area contributed by atoms with Crippen LogP contribution in [0.2, 0.25) is 0 Å². The number of aryl methyl sites for hydroxylation is 1. The van der Waals surface area contributed by atoms with Crippen LogP contribution in [0.15, 0.2) is 18.2 Å². The monoisotopic (exact) mass is 263 g/mol. The van der Waals surface area contributed by atoms with E-state index >= 15 is 0 Å². The van der Waals surface area contributed by atoms with Gasteiger partial charge >= 0.3 is 11.9 Å². The van der Waals surface area contributed by atoms with Crippen LogP contribution in [0.3, 0.4) is 0 Å². The average molecular weight is 263 g/mol. The fourth-order valence-electron chi connectivity index (χ4n) is 2.00. The first-order valence-electron chi connectivity index (χ1n) is 6.34. The molecule has 5 heteroatoms. The number of benzene rings is 1. The van der Waals surface area contributed by atoms with Crippen LogP contribution in [0.5, 0.6) is 5.75 Å². The zero-order chi connectivity index (χ0) is 13.8. The number of ether oxygens (including phenoxy) is 2. The molecule has 1 aliphatic heterocycles. The topological polar surface area (TPSA) is 55.8 Å². The van der Waals surface area contributed by atoms with E-state index in [0.29, 0.717) is 5.69 Å². The number of carbonyl (C=O) groups excluding carboxylic acids is 2. The van der Waals surface area contributed by atoms with Crippen LogP contribution in [-0.4, -0.2) is 32.1 Å². The van der Waals surface area contributed by atoms with E-state index in [-0.39, 0.29) is 6.61 Å². The Morgan fingerprint density at radius 2 is 2.21 bits per heavy atom. The van der Waals surface area contributed by atoms with Gasteiger partial charge in [0.05, 0.1) is 13.2 Å². The van der Waals surface area contributed by atoms with Crippen molar-refractivity contribution in [2.75, 3.05) is 25.2 Å². The Kier molecular flexibility index (Phi) is 4.04. The van der Waals surface area contributed by atoms with Crippen LogP contribution in [0.25, 0.3) is 0 Å². The Hall–Kier alpha value is -2.04. The van der Waals surface area contributed by atoms with Gasteiger partial charge in [0.15, 0.2) is 0 Å². The number of likely N-dealkylation sites (N-methyl/N-ethyl adjacent to an activating group) is 1. The van der Waals surface area contributed by atoms with E-state index < -0.39 is 11.9 Å². The van der Waals surface area contributed by atoms with Gasteiger partial charge in [0, 0.05) is 12.7 Å². The lowest BCUT2D eigenvalue weighted by molar-refractivity contribution is -0.153. The molecule has 0 radical (unpaired) electrons. The van der Waals surface area contributed by atoms with Gasteiger partial charge < -0.3 is 14.4 Å². The third kappa shape index (κ3) is 2.86. The number of fused-ring (bicyclic) bond motifs is 1. The number of carbonyl (C=O) groups is 2. The molecule has 0 N–H and O–H groups in total. The molecule has 1 heterocycles. The fraction of sp³-hybridized carbons (Fsp3) is 0.429. The van der Waals surface area contributed by atoms with Crippen molar-refractivity contribution < 1.29 is 19.1 Å². The second kappa shape index (κ2) is 5.73. The molecule has 0 saturated heterocycles. The molecule has 1 aromatic carbocycles. The quantitative estimate of drug-likeness (QED) is 0.600. The van der Waals surface area contributed by atoms with Crippen LogP contribution in [-0.2, 0) is 20.7 Å². The predicted octanol–water partition coefficient (Wildman–Crippen LogP) is 1.54. The molecule has 1 amide bonds. The first-order valence-corrected chi connectivity index (χ1v) is 6.34. The third-order valence-electron chi connectivity index (χ3n) is 3.03. The molecule has 2 rings (SSSR count). The second-order valence-corrected chi connectivity index (χ2v) is 4.33. The molecule has 0 aliphatic carbocycles. The number of hydrogen-bond acceptors (Lipinski definition) is 4. The third-order valence-corrected chi connectivity index (χ3v) is 3.03. The molecule has 0 aromatic heterocycles. The standard InChI is InChI=1S/C14H17NO4/c1-3-18-14(17)13(16)15(2)11-6-7-12-10(9-11)5-4-8-19-12/h6-7,9H,3-5,8H2,1-2H3. The number of amides is 1. The van der Waals surface area contributed by atoms with Crippen molar-refractivity contribution in [3.05, 3.63) is 23.8 Å². The first-order chi connectivity index (χ1) is 9.13. The Balaban J connectivity index is 2.17. The zero-order valence-corrected chi connectivity index (χ0v) is 11.1. The SMILES string of the molecule is CCOC(=O)C(=O)N(C)c1ccc2c(c1)CCCO2. The molecule has 0 fully saturated rings. The average Bonchev–Trinajstić information content (AvgIpc) is 2.45. The van der Waals surface area contributed by atoms with Gasteiger partial charge in [0.1, 0.15) is 5.75 Å². The van der Waals surface area contributed by atoms with Gasteiger partial charge in [-0.15, -0.1) is 0 Å². The van der Waals surface area contributed by atoms with Gasteiger partial charge in [-0.05, 0) is 43.5 Å². The van der Waals surface area contributed by atoms with Crippen LogP contribution >= 0.6 is 0 Å². The van der Waals surface area contributed by atoms with E-state index in [1.54, 1.807) is 20.0 Å². The summed E-state index contributed by atoms with van der Waals surface area (Å²) >= 11 is 0. The minimum Gasteiger partial charge on any atom is -0.493 e. The smallest absolute Gasteiger partial charge is 0.397 e. The molecule has 0 atom stereocenters.